The number of ether oxygens (including phenoxy) is 1. The number of esters is 1. The molecule has 0 heterocycles. The summed E-state index contributed by atoms with van der Waals surface area (Å²) >= 11 is 0. The fourth-order valence-electron chi connectivity index (χ4n) is 11.9. The van der Waals surface area contributed by atoms with Crippen LogP contribution in [0, 0.1) is 50.2 Å². The van der Waals surface area contributed by atoms with E-state index in [1.165, 1.54) is 6.42 Å². The Balaban J connectivity index is 1.45. The van der Waals surface area contributed by atoms with Crippen molar-refractivity contribution >= 4 is 17.8 Å². The molecular weight excluding hydrogens is 550 g/mol. The Morgan fingerprint density at radius 2 is 1.61 bits per heavy atom. The average Bonchev–Trinajstić information content (AvgIpc) is 2.92. The highest BCUT2D eigenvalue weighted by Crippen LogP contribution is 2.75. The quantitative estimate of drug-likeness (QED) is 0.163. The predicted molar refractivity (Wildman–Crippen MR) is 174 cm³/mol. The van der Waals surface area contributed by atoms with E-state index in [1.807, 2.05) is 6.92 Å². The van der Waals surface area contributed by atoms with Gasteiger partial charge in [-0.15, -0.1) is 0 Å². The zero-order valence-corrected chi connectivity index (χ0v) is 29.1. The number of rotatable bonds is 8. The Kier molecular flexibility index (Phi) is 8.71. The summed E-state index contributed by atoms with van der Waals surface area (Å²) in [5.74, 6) is 0.608. The molecule has 5 rings (SSSR count). The number of carbonyl (C=O) groups is 3. The lowest BCUT2D eigenvalue weighted by Gasteiger charge is -2.71. The summed E-state index contributed by atoms with van der Waals surface area (Å²) in [6.45, 7) is 19.7. The summed E-state index contributed by atoms with van der Waals surface area (Å²) < 4.78 is 6.15. The molecule has 6 heteroatoms. The molecule has 2 N–H and O–H groups in total. The van der Waals surface area contributed by atoms with Crippen LogP contribution in [0.5, 0.6) is 0 Å². The molecule has 5 aliphatic rings. The van der Waals surface area contributed by atoms with Gasteiger partial charge in [-0.1, -0.05) is 67.0 Å². The fraction of sp³-hybridized carbons (Fsp3) is 0.868. The molecule has 0 aliphatic heterocycles. The second kappa shape index (κ2) is 11.4. The second-order valence-electron chi connectivity index (χ2n) is 17.7. The summed E-state index contributed by atoms with van der Waals surface area (Å²) in [6, 6.07) is 0. The van der Waals surface area contributed by atoms with Gasteiger partial charge in [-0.25, -0.2) is 0 Å². The molecule has 3 unspecified atom stereocenters. The molecule has 0 aromatic heterocycles. The fourth-order valence-corrected chi connectivity index (χ4v) is 11.9. The summed E-state index contributed by atoms with van der Waals surface area (Å²) in [5.41, 5.74) is 1.67. The lowest BCUT2D eigenvalue weighted by molar-refractivity contribution is -0.213. The van der Waals surface area contributed by atoms with Gasteiger partial charge >= 0.3 is 11.9 Å². The Morgan fingerprint density at radius 1 is 0.909 bits per heavy atom. The standard InChI is InChI=1S/C38H61NO5/c1-9-11-31(42)44-29-16-17-35(6)27(34(29,4)5)15-18-37(8)28(35)14-13-25-26-24-33(2,3)19-21-38(26,22-20-36(25,37)7)32(43)39-23-10-12-30(40)41/h13,26-29H,9-12,14-24H2,1-8H3,(H,39,43)(H,40,41)/t26?,27?,28?,29-,35-,36+,37+,38-/m0/s1. The zero-order chi connectivity index (χ0) is 32.3. The number of aliphatic carboxylic acids is 1. The van der Waals surface area contributed by atoms with Crippen molar-refractivity contribution in [3.63, 3.8) is 0 Å². The number of carbonyl (C=O) groups excluding carboxylic acids is 2. The van der Waals surface area contributed by atoms with Crippen molar-refractivity contribution in [2.45, 2.75) is 151 Å². The monoisotopic (exact) mass is 611 g/mol. The van der Waals surface area contributed by atoms with Crippen LogP contribution in [-0.2, 0) is 19.1 Å². The molecule has 6 nitrogen and oxygen atoms in total. The molecule has 0 bridgehead atoms. The van der Waals surface area contributed by atoms with Crippen molar-refractivity contribution in [3.05, 3.63) is 11.6 Å². The molecule has 8 atom stereocenters. The van der Waals surface area contributed by atoms with E-state index >= 15 is 0 Å². The van der Waals surface area contributed by atoms with Gasteiger partial charge in [-0.2, -0.15) is 0 Å². The number of carboxylic acid groups (broad SMARTS) is 1. The number of fused-ring (bicyclic) bond motifs is 7. The third kappa shape index (κ3) is 5.17. The van der Waals surface area contributed by atoms with Gasteiger partial charge in [0, 0.05) is 24.8 Å². The molecule has 1 amide bonds. The van der Waals surface area contributed by atoms with Gasteiger partial charge in [0.05, 0.1) is 5.41 Å². The van der Waals surface area contributed by atoms with Crippen molar-refractivity contribution in [2.24, 2.45) is 50.2 Å². The van der Waals surface area contributed by atoms with Gasteiger partial charge in [-0.3, -0.25) is 14.4 Å². The van der Waals surface area contributed by atoms with Gasteiger partial charge in [0.2, 0.25) is 5.91 Å². The first-order chi connectivity index (χ1) is 20.5. The van der Waals surface area contributed by atoms with E-state index in [4.69, 9.17) is 9.84 Å². The van der Waals surface area contributed by atoms with Crippen LogP contribution in [-0.4, -0.2) is 35.6 Å². The first-order valence-electron chi connectivity index (χ1n) is 17.9. The van der Waals surface area contributed by atoms with Crippen LogP contribution in [0.25, 0.3) is 0 Å². The minimum atomic E-state index is -0.809. The smallest absolute Gasteiger partial charge is 0.306 e. The number of nitrogens with one attached hydrogen (secondary N) is 1. The lowest BCUT2D eigenvalue weighted by Crippen LogP contribution is -2.65. The number of hydrogen-bond donors (Lipinski definition) is 2. The molecule has 0 aromatic rings. The van der Waals surface area contributed by atoms with Gasteiger partial charge < -0.3 is 15.2 Å². The largest absolute Gasteiger partial charge is 0.481 e. The maximum absolute atomic E-state index is 14.1. The van der Waals surface area contributed by atoms with Crippen LogP contribution in [0.1, 0.15) is 145 Å². The molecule has 4 saturated carbocycles. The summed E-state index contributed by atoms with van der Waals surface area (Å²) in [4.78, 5) is 37.7. The molecule has 0 aromatic carbocycles. The van der Waals surface area contributed by atoms with Gasteiger partial charge in [0.1, 0.15) is 6.10 Å². The van der Waals surface area contributed by atoms with Crippen LogP contribution < -0.4 is 5.32 Å². The number of hydrogen-bond acceptors (Lipinski definition) is 4. The SMILES string of the molecule is CCCC(=O)O[C@H]1CC[C@@]2(C)C(CC[C@]3(C)C2CC=C2C4CC(C)(C)CC[C@]4(C(=O)NCCCC(=O)O)CC[C@]23C)C1(C)C. The van der Waals surface area contributed by atoms with E-state index in [9.17, 15) is 14.4 Å². The van der Waals surface area contributed by atoms with E-state index in [0.29, 0.717) is 31.2 Å². The first kappa shape index (κ1) is 33.5. The Bertz CT molecular complexity index is 1190. The van der Waals surface area contributed by atoms with E-state index in [0.717, 1.165) is 64.2 Å². The maximum Gasteiger partial charge on any atom is 0.306 e. The number of carboxylic acids is 1. The van der Waals surface area contributed by atoms with Crippen molar-refractivity contribution < 1.29 is 24.2 Å². The van der Waals surface area contributed by atoms with E-state index < -0.39 is 11.4 Å². The van der Waals surface area contributed by atoms with Crippen LogP contribution in [0.3, 0.4) is 0 Å². The maximum atomic E-state index is 14.1. The summed E-state index contributed by atoms with van der Waals surface area (Å²) in [7, 11) is 0. The first-order valence-corrected chi connectivity index (χ1v) is 17.9. The van der Waals surface area contributed by atoms with Crippen molar-refractivity contribution in [3.8, 4) is 0 Å². The molecule has 44 heavy (non-hydrogen) atoms. The lowest BCUT2D eigenvalue weighted by atomic mass is 9.33. The minimum absolute atomic E-state index is 0.0111. The average molecular weight is 612 g/mol. The normalized spacial score (nSPS) is 42.0. The Morgan fingerprint density at radius 3 is 2.30 bits per heavy atom. The Labute approximate surface area is 266 Å². The summed E-state index contributed by atoms with van der Waals surface area (Å²) in [5, 5.41) is 12.3. The van der Waals surface area contributed by atoms with Crippen molar-refractivity contribution in [2.75, 3.05) is 6.54 Å². The van der Waals surface area contributed by atoms with Gasteiger partial charge in [0.25, 0.3) is 0 Å². The second-order valence-corrected chi connectivity index (χ2v) is 17.7. The van der Waals surface area contributed by atoms with Crippen molar-refractivity contribution in [1.82, 2.24) is 5.32 Å². The number of allylic oxidation sites excluding steroid dienone is 2. The van der Waals surface area contributed by atoms with E-state index in [2.05, 4.69) is 59.9 Å². The Hall–Kier alpha value is -1.85. The van der Waals surface area contributed by atoms with E-state index in [1.54, 1.807) is 5.57 Å². The molecular formula is C38H61NO5. The molecule has 0 radical (unpaired) electrons. The third-order valence-corrected chi connectivity index (χ3v) is 14.6. The molecule has 5 aliphatic carbocycles. The predicted octanol–water partition coefficient (Wildman–Crippen LogP) is 8.48. The van der Waals surface area contributed by atoms with E-state index in [-0.39, 0.29) is 57.4 Å². The van der Waals surface area contributed by atoms with Crippen LogP contribution in [0.15, 0.2) is 11.6 Å². The highest BCUT2D eigenvalue weighted by atomic mass is 16.5. The summed E-state index contributed by atoms with van der Waals surface area (Å²) in [6.07, 6.45) is 14.9. The molecule has 0 saturated heterocycles. The van der Waals surface area contributed by atoms with Crippen molar-refractivity contribution in [1.29, 1.82) is 0 Å². The molecule has 248 valence electrons. The van der Waals surface area contributed by atoms with Crippen LogP contribution >= 0.6 is 0 Å². The topological polar surface area (TPSA) is 92.7 Å². The minimum Gasteiger partial charge on any atom is -0.481 e. The highest BCUT2D eigenvalue weighted by Gasteiger charge is 2.69. The van der Waals surface area contributed by atoms with Gasteiger partial charge in [-0.05, 0) is 116 Å². The third-order valence-electron chi connectivity index (χ3n) is 14.6. The zero-order valence-electron chi connectivity index (χ0n) is 29.1. The number of amides is 1. The highest BCUT2D eigenvalue weighted by molar-refractivity contribution is 5.84. The van der Waals surface area contributed by atoms with Gasteiger partial charge in [0.15, 0.2) is 0 Å². The molecule has 0 spiro atoms. The van der Waals surface area contributed by atoms with Crippen LogP contribution in [0.2, 0.25) is 0 Å². The molecule has 4 fully saturated rings. The van der Waals surface area contributed by atoms with Crippen LogP contribution in [0.4, 0.5) is 0 Å².